The summed E-state index contributed by atoms with van der Waals surface area (Å²) >= 11 is 1.79. The number of nitrogens with one attached hydrogen (secondary N) is 1. The highest BCUT2D eigenvalue weighted by Gasteiger charge is 2.63. The van der Waals surface area contributed by atoms with Gasteiger partial charge < -0.3 is 15.8 Å². The predicted molar refractivity (Wildman–Crippen MR) is 96.1 cm³/mol. The van der Waals surface area contributed by atoms with E-state index in [1.807, 2.05) is 20.8 Å². The molecule has 1 aromatic rings. The number of thiophene rings is 1. The number of ether oxygens (including phenoxy) is 1. The van der Waals surface area contributed by atoms with Crippen LogP contribution in [-0.4, -0.2) is 24.2 Å². The number of hydrogen-bond donors (Lipinski definition) is 2. The zero-order valence-corrected chi connectivity index (χ0v) is 15.7. The van der Waals surface area contributed by atoms with Gasteiger partial charge in [-0.3, -0.25) is 4.79 Å². The Morgan fingerprint density at radius 2 is 2.26 bits per heavy atom. The van der Waals surface area contributed by atoms with Gasteiger partial charge in [0.1, 0.15) is 5.54 Å². The van der Waals surface area contributed by atoms with Crippen molar-refractivity contribution in [3.05, 3.63) is 21.9 Å². The molecule has 3 unspecified atom stereocenters. The van der Waals surface area contributed by atoms with Gasteiger partial charge in [-0.1, -0.05) is 13.8 Å². The maximum Gasteiger partial charge on any atom is 0.241 e. The number of fused-ring (bicyclic) bond motifs is 1. The van der Waals surface area contributed by atoms with Crippen molar-refractivity contribution in [2.45, 2.75) is 64.1 Å². The van der Waals surface area contributed by atoms with Crippen LogP contribution in [0.2, 0.25) is 0 Å². The third-order valence-corrected chi connectivity index (χ3v) is 6.59. The molecule has 1 amide bonds. The molecule has 2 aliphatic rings. The van der Waals surface area contributed by atoms with E-state index in [9.17, 15) is 4.79 Å². The number of hydrogen-bond acceptors (Lipinski definition) is 4. The zero-order valence-electron chi connectivity index (χ0n) is 14.1. The molecule has 23 heavy (non-hydrogen) atoms. The molecule has 1 aromatic heterocycles. The zero-order chi connectivity index (χ0) is 16.0. The fraction of sp³-hybridized carbons (Fsp3) is 0.706. The van der Waals surface area contributed by atoms with E-state index in [1.54, 1.807) is 11.3 Å². The molecule has 3 N–H and O–H groups in total. The fourth-order valence-electron chi connectivity index (χ4n) is 3.74. The summed E-state index contributed by atoms with van der Waals surface area (Å²) in [6.45, 7) is 6.71. The van der Waals surface area contributed by atoms with Gasteiger partial charge in [-0.25, -0.2) is 0 Å². The van der Waals surface area contributed by atoms with Crippen molar-refractivity contribution in [2.24, 2.45) is 11.1 Å². The highest BCUT2D eigenvalue weighted by atomic mass is 35.5. The summed E-state index contributed by atoms with van der Waals surface area (Å²) in [6.07, 6.45) is 3.92. The molecule has 0 aromatic carbocycles. The molecule has 0 spiro atoms. The lowest BCUT2D eigenvalue weighted by molar-refractivity contribution is -0.171. The highest BCUT2D eigenvalue weighted by Crippen LogP contribution is 2.50. The number of rotatable bonds is 4. The molecule has 0 radical (unpaired) electrons. The van der Waals surface area contributed by atoms with Crippen molar-refractivity contribution >= 4 is 29.7 Å². The van der Waals surface area contributed by atoms with Crippen molar-refractivity contribution in [1.82, 2.24) is 5.32 Å². The Labute approximate surface area is 148 Å². The number of nitrogens with two attached hydrogens (primary N) is 1. The quantitative estimate of drug-likeness (QED) is 0.868. The van der Waals surface area contributed by atoms with Crippen LogP contribution in [0.4, 0.5) is 0 Å². The van der Waals surface area contributed by atoms with Gasteiger partial charge in [0.2, 0.25) is 5.91 Å². The first kappa shape index (κ1) is 18.7. The van der Waals surface area contributed by atoms with E-state index in [0.717, 1.165) is 19.3 Å². The van der Waals surface area contributed by atoms with Crippen LogP contribution in [0, 0.1) is 5.41 Å². The summed E-state index contributed by atoms with van der Waals surface area (Å²) in [6, 6.07) is 2.26. The van der Waals surface area contributed by atoms with Gasteiger partial charge in [0.15, 0.2) is 0 Å². The molecule has 6 heteroatoms. The molecule has 1 heterocycles. The van der Waals surface area contributed by atoms with Gasteiger partial charge in [-0.05, 0) is 43.2 Å². The molecule has 1 saturated carbocycles. The summed E-state index contributed by atoms with van der Waals surface area (Å²) in [7, 11) is 0. The van der Waals surface area contributed by atoms with Crippen molar-refractivity contribution in [1.29, 1.82) is 0 Å². The maximum atomic E-state index is 12.8. The molecule has 3 atom stereocenters. The normalized spacial score (nSPS) is 31.5. The van der Waals surface area contributed by atoms with E-state index in [0.29, 0.717) is 13.0 Å². The average molecular weight is 359 g/mol. The van der Waals surface area contributed by atoms with Gasteiger partial charge in [0, 0.05) is 23.3 Å². The smallest absolute Gasteiger partial charge is 0.241 e. The minimum atomic E-state index is -0.833. The molecule has 4 nitrogen and oxygen atoms in total. The lowest BCUT2D eigenvalue weighted by Crippen LogP contribution is -2.75. The Morgan fingerprint density at radius 1 is 1.52 bits per heavy atom. The van der Waals surface area contributed by atoms with Crippen molar-refractivity contribution < 1.29 is 9.53 Å². The van der Waals surface area contributed by atoms with Crippen LogP contribution in [0.15, 0.2) is 11.4 Å². The minimum Gasteiger partial charge on any atom is -0.378 e. The lowest BCUT2D eigenvalue weighted by atomic mass is 9.54. The molecular formula is C17H27ClN2O2S. The van der Waals surface area contributed by atoms with Crippen molar-refractivity contribution in [3.8, 4) is 0 Å². The summed E-state index contributed by atoms with van der Waals surface area (Å²) in [5.41, 5.74) is 6.58. The lowest BCUT2D eigenvalue weighted by Gasteiger charge is -2.57. The van der Waals surface area contributed by atoms with Crippen LogP contribution in [0.3, 0.4) is 0 Å². The van der Waals surface area contributed by atoms with Crippen LogP contribution < -0.4 is 11.1 Å². The van der Waals surface area contributed by atoms with Crippen LogP contribution in [0.1, 0.15) is 56.5 Å². The van der Waals surface area contributed by atoms with Gasteiger partial charge in [-0.2, -0.15) is 0 Å². The highest BCUT2D eigenvalue weighted by molar-refractivity contribution is 7.10. The Kier molecular flexibility index (Phi) is 5.46. The Balaban J connectivity index is 0.00000192. The number of amides is 1. The molecule has 0 saturated heterocycles. The number of halogens is 1. The summed E-state index contributed by atoms with van der Waals surface area (Å²) < 4.78 is 5.71. The molecule has 2 aliphatic carbocycles. The minimum absolute atomic E-state index is 0. The van der Waals surface area contributed by atoms with E-state index < -0.39 is 5.54 Å². The van der Waals surface area contributed by atoms with E-state index in [4.69, 9.17) is 10.5 Å². The average Bonchev–Trinajstić information content (AvgIpc) is 2.96. The largest absolute Gasteiger partial charge is 0.378 e. The summed E-state index contributed by atoms with van der Waals surface area (Å²) in [5.74, 6) is -0.0301. The van der Waals surface area contributed by atoms with Crippen molar-refractivity contribution in [3.63, 3.8) is 0 Å². The van der Waals surface area contributed by atoms with Gasteiger partial charge in [0.05, 0.1) is 12.1 Å². The van der Waals surface area contributed by atoms with E-state index in [2.05, 4.69) is 16.8 Å². The Morgan fingerprint density at radius 3 is 2.91 bits per heavy atom. The standard InChI is InChI=1S/C17H26N2O2S.ClH/c1-4-21-14-10-17(18,16(14,2)3)15(20)19-12-6-5-7-13-11(12)8-9-22-13;/h8-9,12,14H,4-7,10,18H2,1-3H3,(H,19,20);1H. The third-order valence-electron chi connectivity index (χ3n) is 5.59. The molecule has 0 bridgehead atoms. The van der Waals surface area contributed by atoms with Crippen LogP contribution in [0.25, 0.3) is 0 Å². The van der Waals surface area contributed by atoms with Gasteiger partial charge >= 0.3 is 0 Å². The topological polar surface area (TPSA) is 64.3 Å². The fourth-order valence-corrected chi connectivity index (χ4v) is 4.73. The second kappa shape index (κ2) is 6.71. The predicted octanol–water partition coefficient (Wildman–Crippen LogP) is 3.20. The Bertz CT molecular complexity index is 575. The first-order valence-corrected chi connectivity index (χ1v) is 9.06. The third kappa shape index (κ3) is 2.93. The van der Waals surface area contributed by atoms with Crippen LogP contribution in [-0.2, 0) is 16.0 Å². The number of carbonyl (C=O) groups is 1. The van der Waals surface area contributed by atoms with Crippen LogP contribution >= 0.6 is 23.7 Å². The molecule has 130 valence electrons. The second-order valence-corrected chi connectivity index (χ2v) is 8.06. The first-order chi connectivity index (χ1) is 10.4. The van der Waals surface area contributed by atoms with E-state index in [1.165, 1.54) is 10.4 Å². The second-order valence-electron chi connectivity index (χ2n) is 7.06. The van der Waals surface area contributed by atoms with Crippen molar-refractivity contribution in [2.75, 3.05) is 6.61 Å². The molecule has 3 rings (SSSR count). The first-order valence-electron chi connectivity index (χ1n) is 8.18. The number of aryl methyl sites for hydroxylation is 1. The van der Waals surface area contributed by atoms with E-state index >= 15 is 0 Å². The molecule has 1 fully saturated rings. The SMILES string of the molecule is CCOC1CC(N)(C(=O)NC2CCCc3sccc32)C1(C)C.Cl. The Hall–Kier alpha value is -0.620. The van der Waals surface area contributed by atoms with Gasteiger partial charge in [-0.15, -0.1) is 23.7 Å². The molecule has 0 aliphatic heterocycles. The molecular weight excluding hydrogens is 332 g/mol. The van der Waals surface area contributed by atoms with Gasteiger partial charge in [0.25, 0.3) is 0 Å². The number of carbonyl (C=O) groups excluding carboxylic acids is 1. The summed E-state index contributed by atoms with van der Waals surface area (Å²) in [4.78, 5) is 14.2. The van der Waals surface area contributed by atoms with Crippen LogP contribution in [0.5, 0.6) is 0 Å². The van der Waals surface area contributed by atoms with E-state index in [-0.39, 0.29) is 35.9 Å². The maximum absolute atomic E-state index is 12.8. The summed E-state index contributed by atoms with van der Waals surface area (Å²) in [5, 5.41) is 5.33. The monoisotopic (exact) mass is 358 g/mol.